The van der Waals surface area contributed by atoms with Gasteiger partial charge in [0.2, 0.25) is 5.78 Å². The Morgan fingerprint density at radius 1 is 1.25 bits per heavy atom. The molecule has 0 fully saturated rings. The Morgan fingerprint density at radius 2 is 1.96 bits per heavy atom. The Labute approximate surface area is 140 Å². The summed E-state index contributed by atoms with van der Waals surface area (Å²) in [5, 5.41) is 0. The number of carbonyl (C=O) groups excluding carboxylic acids is 2. The standard InChI is InChI=1S/C18H20FNO4/c1-5-20-12(3)16(11(2)17(20)18(22)23-4)15(21)10-24-14-8-6-7-13(19)9-14/h6-9H,5,10H2,1-4H3. The van der Waals surface area contributed by atoms with E-state index in [0.29, 0.717) is 29.1 Å². The predicted octanol–water partition coefficient (Wildman–Crippen LogP) is 3.31. The molecule has 0 unspecified atom stereocenters. The summed E-state index contributed by atoms with van der Waals surface area (Å²) in [5.41, 5.74) is 2.05. The van der Waals surface area contributed by atoms with Gasteiger partial charge in [-0.1, -0.05) is 6.07 Å². The van der Waals surface area contributed by atoms with Crippen molar-refractivity contribution >= 4 is 11.8 Å². The number of hydrogen-bond donors (Lipinski definition) is 0. The molecule has 0 aliphatic carbocycles. The van der Waals surface area contributed by atoms with Crippen LogP contribution in [0, 0.1) is 19.7 Å². The molecule has 1 aromatic carbocycles. The molecule has 0 aliphatic heterocycles. The maximum atomic E-state index is 13.2. The van der Waals surface area contributed by atoms with E-state index < -0.39 is 11.8 Å². The molecule has 0 saturated carbocycles. The van der Waals surface area contributed by atoms with Crippen molar-refractivity contribution in [3.05, 3.63) is 52.6 Å². The number of esters is 1. The number of nitrogens with zero attached hydrogens (tertiary/aromatic N) is 1. The van der Waals surface area contributed by atoms with Gasteiger partial charge in [-0.05, 0) is 38.5 Å². The summed E-state index contributed by atoms with van der Waals surface area (Å²) in [4.78, 5) is 24.5. The molecule has 1 aromatic heterocycles. The van der Waals surface area contributed by atoms with Gasteiger partial charge < -0.3 is 14.0 Å². The zero-order chi connectivity index (χ0) is 17.9. The van der Waals surface area contributed by atoms with E-state index in [1.54, 1.807) is 24.5 Å². The van der Waals surface area contributed by atoms with Crippen molar-refractivity contribution in [3.8, 4) is 5.75 Å². The van der Waals surface area contributed by atoms with Crippen LogP contribution in [0.2, 0.25) is 0 Å². The average Bonchev–Trinajstić information content (AvgIpc) is 2.82. The highest BCUT2D eigenvalue weighted by atomic mass is 19.1. The maximum Gasteiger partial charge on any atom is 0.354 e. The van der Waals surface area contributed by atoms with Gasteiger partial charge in [0.25, 0.3) is 0 Å². The summed E-state index contributed by atoms with van der Waals surface area (Å²) in [6.45, 7) is 5.67. The molecule has 0 spiro atoms. The van der Waals surface area contributed by atoms with Crippen LogP contribution < -0.4 is 4.74 Å². The van der Waals surface area contributed by atoms with Crippen LogP contribution in [-0.4, -0.2) is 30.0 Å². The van der Waals surface area contributed by atoms with Crippen molar-refractivity contribution in [2.45, 2.75) is 27.3 Å². The van der Waals surface area contributed by atoms with E-state index in [4.69, 9.17) is 9.47 Å². The number of Topliss-reactive ketones (excluding diaryl/α,β-unsaturated/α-hetero) is 1. The van der Waals surface area contributed by atoms with Gasteiger partial charge in [0.15, 0.2) is 6.61 Å². The Kier molecular flexibility index (Phi) is 5.39. The summed E-state index contributed by atoms with van der Waals surface area (Å²) in [6.07, 6.45) is 0. The van der Waals surface area contributed by atoms with Crippen molar-refractivity contribution in [2.75, 3.05) is 13.7 Å². The van der Waals surface area contributed by atoms with Gasteiger partial charge in [0.1, 0.15) is 17.3 Å². The van der Waals surface area contributed by atoms with Crippen molar-refractivity contribution < 1.29 is 23.5 Å². The van der Waals surface area contributed by atoms with E-state index in [-0.39, 0.29) is 18.1 Å². The topological polar surface area (TPSA) is 57.5 Å². The fraction of sp³-hybridized carbons (Fsp3) is 0.333. The van der Waals surface area contributed by atoms with E-state index in [9.17, 15) is 14.0 Å². The minimum absolute atomic E-state index is 0.237. The first-order chi connectivity index (χ1) is 11.4. The minimum Gasteiger partial charge on any atom is -0.485 e. The molecule has 24 heavy (non-hydrogen) atoms. The SMILES string of the molecule is CCn1c(C)c(C(=O)COc2cccc(F)c2)c(C)c1C(=O)OC. The minimum atomic E-state index is -0.484. The highest BCUT2D eigenvalue weighted by molar-refractivity contribution is 6.03. The zero-order valence-corrected chi connectivity index (χ0v) is 14.2. The molecule has 0 N–H and O–H groups in total. The molecular formula is C18H20FNO4. The summed E-state index contributed by atoms with van der Waals surface area (Å²) in [6, 6.07) is 5.60. The lowest BCUT2D eigenvalue weighted by Gasteiger charge is -2.07. The Morgan fingerprint density at radius 3 is 2.54 bits per heavy atom. The van der Waals surface area contributed by atoms with Gasteiger partial charge in [-0.3, -0.25) is 4.79 Å². The second-order valence-corrected chi connectivity index (χ2v) is 5.34. The normalized spacial score (nSPS) is 10.5. The first-order valence-electron chi connectivity index (χ1n) is 7.60. The van der Waals surface area contributed by atoms with Crippen LogP contribution in [0.25, 0.3) is 0 Å². The fourth-order valence-electron chi connectivity index (χ4n) is 2.84. The van der Waals surface area contributed by atoms with Crippen LogP contribution in [0.5, 0.6) is 5.75 Å². The molecule has 0 bridgehead atoms. The molecule has 0 radical (unpaired) electrons. The van der Waals surface area contributed by atoms with Gasteiger partial charge in [-0.15, -0.1) is 0 Å². The quantitative estimate of drug-likeness (QED) is 0.601. The molecule has 6 heteroatoms. The first kappa shape index (κ1) is 17.7. The maximum absolute atomic E-state index is 13.2. The second-order valence-electron chi connectivity index (χ2n) is 5.34. The van der Waals surface area contributed by atoms with E-state index in [0.717, 1.165) is 0 Å². The number of halogens is 1. The van der Waals surface area contributed by atoms with Crippen LogP contribution in [-0.2, 0) is 11.3 Å². The monoisotopic (exact) mass is 333 g/mol. The highest BCUT2D eigenvalue weighted by Crippen LogP contribution is 2.24. The lowest BCUT2D eigenvalue weighted by atomic mass is 10.1. The van der Waals surface area contributed by atoms with Crippen LogP contribution in [0.1, 0.15) is 39.0 Å². The number of carbonyl (C=O) groups is 2. The lowest BCUT2D eigenvalue weighted by molar-refractivity contribution is 0.0587. The second kappa shape index (κ2) is 7.29. The van der Waals surface area contributed by atoms with Crippen molar-refractivity contribution in [3.63, 3.8) is 0 Å². The number of benzene rings is 1. The molecule has 0 amide bonds. The molecule has 2 aromatic rings. The van der Waals surface area contributed by atoms with Gasteiger partial charge in [0.05, 0.1) is 7.11 Å². The van der Waals surface area contributed by atoms with Crippen LogP contribution in [0.4, 0.5) is 4.39 Å². The molecular weight excluding hydrogens is 313 g/mol. The summed E-state index contributed by atoms with van der Waals surface area (Å²) >= 11 is 0. The third kappa shape index (κ3) is 3.32. The summed E-state index contributed by atoms with van der Waals surface area (Å²) < 4.78 is 25.1. The Balaban J connectivity index is 2.29. The van der Waals surface area contributed by atoms with Crippen molar-refractivity contribution in [1.82, 2.24) is 4.57 Å². The van der Waals surface area contributed by atoms with Crippen LogP contribution in [0.3, 0.4) is 0 Å². The van der Waals surface area contributed by atoms with Gasteiger partial charge >= 0.3 is 5.97 Å². The number of hydrogen-bond acceptors (Lipinski definition) is 4. The number of ether oxygens (including phenoxy) is 2. The van der Waals surface area contributed by atoms with Gasteiger partial charge in [0, 0.05) is 23.9 Å². The molecule has 0 aliphatic rings. The van der Waals surface area contributed by atoms with Crippen LogP contribution in [0.15, 0.2) is 24.3 Å². The largest absolute Gasteiger partial charge is 0.485 e. The molecule has 0 saturated heterocycles. The Hall–Kier alpha value is -2.63. The molecule has 0 atom stereocenters. The molecule has 128 valence electrons. The molecule has 5 nitrogen and oxygen atoms in total. The van der Waals surface area contributed by atoms with E-state index in [1.807, 2.05) is 6.92 Å². The number of rotatable bonds is 6. The van der Waals surface area contributed by atoms with E-state index in [1.165, 1.54) is 25.3 Å². The van der Waals surface area contributed by atoms with Crippen LogP contribution >= 0.6 is 0 Å². The summed E-state index contributed by atoms with van der Waals surface area (Å²) in [7, 11) is 1.30. The third-order valence-electron chi connectivity index (χ3n) is 3.91. The first-order valence-corrected chi connectivity index (χ1v) is 7.60. The van der Waals surface area contributed by atoms with E-state index in [2.05, 4.69) is 0 Å². The smallest absolute Gasteiger partial charge is 0.354 e. The van der Waals surface area contributed by atoms with Crippen molar-refractivity contribution in [1.29, 1.82) is 0 Å². The average molecular weight is 333 g/mol. The van der Waals surface area contributed by atoms with Gasteiger partial charge in [-0.2, -0.15) is 0 Å². The molecule has 2 rings (SSSR count). The number of aromatic nitrogens is 1. The summed E-state index contributed by atoms with van der Waals surface area (Å²) in [5.74, 6) is -0.909. The lowest BCUT2D eigenvalue weighted by Crippen LogP contribution is -2.13. The zero-order valence-electron chi connectivity index (χ0n) is 14.2. The van der Waals surface area contributed by atoms with Crippen molar-refractivity contribution in [2.24, 2.45) is 0 Å². The predicted molar refractivity (Wildman–Crippen MR) is 87.1 cm³/mol. The molecule has 1 heterocycles. The van der Waals surface area contributed by atoms with E-state index >= 15 is 0 Å². The highest BCUT2D eigenvalue weighted by Gasteiger charge is 2.26. The Bertz CT molecular complexity index is 780. The number of methoxy groups -OCH3 is 1. The van der Waals surface area contributed by atoms with Gasteiger partial charge in [-0.25, -0.2) is 9.18 Å². The fourth-order valence-corrected chi connectivity index (χ4v) is 2.84. The number of ketones is 1. The third-order valence-corrected chi connectivity index (χ3v) is 3.91.